The molecule has 7 nitrogen and oxygen atoms in total. The van der Waals surface area contributed by atoms with Gasteiger partial charge in [-0.15, -0.1) is 0 Å². The molecule has 1 saturated heterocycles. The van der Waals surface area contributed by atoms with E-state index in [0.29, 0.717) is 18.0 Å². The number of nitrogens with one attached hydrogen (secondary N) is 2. The highest BCUT2D eigenvalue weighted by molar-refractivity contribution is 5.89. The lowest BCUT2D eigenvalue weighted by Gasteiger charge is -2.26. The number of nitrogens with zero attached hydrogens (tertiary/aromatic N) is 1. The summed E-state index contributed by atoms with van der Waals surface area (Å²) in [5, 5.41) is 5.90. The van der Waals surface area contributed by atoms with Crippen molar-refractivity contribution in [3.63, 3.8) is 0 Å². The Morgan fingerprint density at radius 1 is 1.07 bits per heavy atom. The van der Waals surface area contributed by atoms with Crippen LogP contribution in [0.5, 0.6) is 11.5 Å². The van der Waals surface area contributed by atoms with Gasteiger partial charge in [-0.25, -0.2) is 4.79 Å². The van der Waals surface area contributed by atoms with Gasteiger partial charge in [0.15, 0.2) is 11.5 Å². The number of furan rings is 1. The van der Waals surface area contributed by atoms with Gasteiger partial charge in [0, 0.05) is 31.1 Å². The number of benzene rings is 1. The second-order valence-electron chi connectivity index (χ2n) is 8.09. The number of rotatable bonds is 5. The Kier molecular flexibility index (Phi) is 4.83. The van der Waals surface area contributed by atoms with Gasteiger partial charge in [-0.1, -0.05) is 0 Å². The monoisotopic (exact) mass is 397 g/mol. The zero-order chi connectivity index (χ0) is 19.7. The zero-order valence-corrected chi connectivity index (χ0v) is 16.5. The van der Waals surface area contributed by atoms with Crippen LogP contribution in [0.3, 0.4) is 0 Å². The lowest BCUT2D eigenvalue weighted by Crippen LogP contribution is -2.38. The summed E-state index contributed by atoms with van der Waals surface area (Å²) in [5.74, 6) is 1.85. The molecule has 29 heavy (non-hydrogen) atoms. The third-order valence-corrected chi connectivity index (χ3v) is 6.07. The zero-order valence-electron chi connectivity index (χ0n) is 16.5. The molecule has 154 valence electrons. The summed E-state index contributed by atoms with van der Waals surface area (Å²) in [7, 11) is 0. The van der Waals surface area contributed by atoms with Gasteiger partial charge in [-0.2, -0.15) is 0 Å². The van der Waals surface area contributed by atoms with Crippen molar-refractivity contribution in [2.75, 3.05) is 25.0 Å². The number of anilines is 1. The van der Waals surface area contributed by atoms with Gasteiger partial charge in [-0.05, 0) is 63.0 Å². The van der Waals surface area contributed by atoms with Crippen molar-refractivity contribution in [2.45, 2.75) is 50.4 Å². The summed E-state index contributed by atoms with van der Waals surface area (Å²) < 4.78 is 17.7. The van der Waals surface area contributed by atoms with Crippen LogP contribution in [0.4, 0.5) is 10.5 Å². The van der Waals surface area contributed by atoms with Gasteiger partial charge in [-0.3, -0.25) is 4.90 Å². The Balaban J connectivity index is 1.20. The molecule has 1 saturated carbocycles. The first kappa shape index (κ1) is 18.4. The fraction of sp³-hybridized carbons (Fsp3) is 0.500. The molecule has 7 heteroatoms. The molecule has 2 aliphatic heterocycles. The van der Waals surface area contributed by atoms with Crippen LogP contribution < -0.4 is 20.1 Å². The molecule has 1 spiro atoms. The molecular formula is C22H27N3O4. The first-order valence-corrected chi connectivity index (χ1v) is 10.6. The molecular weight excluding hydrogens is 370 g/mol. The Morgan fingerprint density at radius 3 is 2.62 bits per heavy atom. The summed E-state index contributed by atoms with van der Waals surface area (Å²) in [6, 6.07) is 9.23. The summed E-state index contributed by atoms with van der Waals surface area (Å²) in [5.41, 5.74) is 0.690. The molecule has 1 aromatic carbocycles. The minimum Gasteiger partial charge on any atom is -0.468 e. The van der Waals surface area contributed by atoms with E-state index < -0.39 is 5.79 Å². The lowest BCUT2D eigenvalue weighted by atomic mass is 10.2. The van der Waals surface area contributed by atoms with E-state index in [1.807, 2.05) is 30.3 Å². The minimum absolute atomic E-state index is 0.0530. The van der Waals surface area contributed by atoms with E-state index >= 15 is 0 Å². The maximum atomic E-state index is 12.5. The Bertz CT molecular complexity index is 855. The molecule has 2 N–H and O–H groups in total. The number of ether oxygens (including phenoxy) is 2. The Hall–Kier alpha value is -2.67. The minimum atomic E-state index is -0.491. The number of amides is 2. The van der Waals surface area contributed by atoms with Crippen molar-refractivity contribution in [2.24, 2.45) is 0 Å². The Labute approximate surface area is 170 Å². The summed E-state index contributed by atoms with van der Waals surface area (Å²) >= 11 is 0. The van der Waals surface area contributed by atoms with Gasteiger partial charge in [0.25, 0.3) is 5.79 Å². The molecule has 3 heterocycles. The third-order valence-electron chi connectivity index (χ3n) is 6.07. The van der Waals surface area contributed by atoms with Crippen LogP contribution in [0.15, 0.2) is 41.0 Å². The van der Waals surface area contributed by atoms with Crippen molar-refractivity contribution < 1.29 is 18.7 Å². The van der Waals surface area contributed by atoms with E-state index in [2.05, 4.69) is 15.5 Å². The SMILES string of the molecule is O=C(NC[C@H](c1ccco1)N1CCCC1)Nc1ccc2c(c1)OC1(CCCC1)O2. The van der Waals surface area contributed by atoms with Crippen LogP contribution in [0, 0.1) is 0 Å². The predicted molar refractivity (Wildman–Crippen MR) is 108 cm³/mol. The molecule has 5 rings (SSSR count). The van der Waals surface area contributed by atoms with E-state index in [4.69, 9.17) is 13.9 Å². The molecule has 3 aliphatic rings. The maximum absolute atomic E-state index is 12.5. The lowest BCUT2D eigenvalue weighted by molar-refractivity contribution is -0.0716. The summed E-state index contributed by atoms with van der Waals surface area (Å²) in [6.07, 6.45) is 8.11. The van der Waals surface area contributed by atoms with Crippen molar-refractivity contribution in [3.8, 4) is 11.5 Å². The number of urea groups is 1. The average molecular weight is 397 g/mol. The van der Waals surface area contributed by atoms with Gasteiger partial charge < -0.3 is 24.5 Å². The number of carbonyl (C=O) groups is 1. The highest BCUT2D eigenvalue weighted by atomic mass is 16.7. The standard InChI is InChI=1S/C22H27N3O4/c26-21(23-15-17(18-6-5-13-27-18)25-11-3-4-12-25)24-16-7-8-19-20(14-16)29-22(28-19)9-1-2-10-22/h5-8,13-14,17H,1-4,9-12,15H2,(H2,23,24,26)/t17-/m1/s1. The van der Waals surface area contributed by atoms with Crippen LogP contribution in [-0.4, -0.2) is 36.4 Å². The number of hydrogen-bond acceptors (Lipinski definition) is 5. The normalized spacial score (nSPS) is 20.8. The molecule has 1 atom stereocenters. The van der Waals surface area contributed by atoms with Crippen molar-refractivity contribution in [1.82, 2.24) is 10.2 Å². The average Bonchev–Trinajstić information content (AvgIpc) is 3.51. The van der Waals surface area contributed by atoms with Gasteiger partial charge >= 0.3 is 6.03 Å². The van der Waals surface area contributed by atoms with E-state index in [0.717, 1.165) is 50.3 Å². The third kappa shape index (κ3) is 3.79. The van der Waals surface area contributed by atoms with Crippen LogP contribution in [-0.2, 0) is 0 Å². The largest absolute Gasteiger partial charge is 0.468 e. The fourth-order valence-electron chi connectivity index (χ4n) is 4.60. The van der Waals surface area contributed by atoms with E-state index in [1.165, 1.54) is 12.8 Å². The second kappa shape index (κ2) is 7.63. The van der Waals surface area contributed by atoms with Crippen LogP contribution >= 0.6 is 0 Å². The molecule has 2 aromatic rings. The molecule has 2 fully saturated rings. The number of fused-ring (bicyclic) bond motifs is 1. The topological polar surface area (TPSA) is 76.0 Å². The summed E-state index contributed by atoms with van der Waals surface area (Å²) in [4.78, 5) is 14.9. The van der Waals surface area contributed by atoms with Crippen molar-refractivity contribution in [3.05, 3.63) is 42.4 Å². The number of hydrogen-bond donors (Lipinski definition) is 2. The van der Waals surface area contributed by atoms with Crippen LogP contribution in [0.2, 0.25) is 0 Å². The molecule has 1 aromatic heterocycles. The van der Waals surface area contributed by atoms with Gasteiger partial charge in [0.05, 0.1) is 12.3 Å². The molecule has 0 bridgehead atoms. The predicted octanol–water partition coefficient (Wildman–Crippen LogP) is 4.28. The Morgan fingerprint density at radius 2 is 1.86 bits per heavy atom. The fourth-order valence-corrected chi connectivity index (χ4v) is 4.60. The van der Waals surface area contributed by atoms with E-state index in [1.54, 1.807) is 6.26 Å². The highest BCUT2D eigenvalue weighted by Crippen LogP contribution is 2.47. The first-order valence-electron chi connectivity index (χ1n) is 10.6. The highest BCUT2D eigenvalue weighted by Gasteiger charge is 2.44. The van der Waals surface area contributed by atoms with E-state index in [9.17, 15) is 4.79 Å². The van der Waals surface area contributed by atoms with Gasteiger partial charge in [0.1, 0.15) is 5.76 Å². The summed E-state index contributed by atoms with van der Waals surface area (Å²) in [6.45, 7) is 2.55. The molecule has 2 amide bonds. The van der Waals surface area contributed by atoms with E-state index in [-0.39, 0.29) is 12.1 Å². The van der Waals surface area contributed by atoms with Crippen molar-refractivity contribution in [1.29, 1.82) is 0 Å². The van der Waals surface area contributed by atoms with Crippen molar-refractivity contribution >= 4 is 11.7 Å². The quantitative estimate of drug-likeness (QED) is 0.788. The first-order chi connectivity index (χ1) is 14.2. The van der Waals surface area contributed by atoms with Crippen LogP contribution in [0.25, 0.3) is 0 Å². The molecule has 1 aliphatic carbocycles. The number of carbonyl (C=O) groups excluding carboxylic acids is 1. The smallest absolute Gasteiger partial charge is 0.319 e. The maximum Gasteiger partial charge on any atom is 0.319 e. The van der Waals surface area contributed by atoms with Crippen LogP contribution in [0.1, 0.15) is 50.3 Å². The molecule has 0 radical (unpaired) electrons. The number of likely N-dealkylation sites (tertiary alicyclic amines) is 1. The second-order valence-corrected chi connectivity index (χ2v) is 8.09. The van der Waals surface area contributed by atoms with Gasteiger partial charge in [0.2, 0.25) is 0 Å². The molecule has 0 unspecified atom stereocenters.